The lowest BCUT2D eigenvalue weighted by molar-refractivity contribution is -0.143. The van der Waals surface area contributed by atoms with Crippen LogP contribution in [0.5, 0.6) is 0 Å². The highest BCUT2D eigenvalue weighted by atomic mass is 16.7. The minimum atomic E-state index is -0.165. The van der Waals surface area contributed by atoms with Gasteiger partial charge in [0, 0.05) is 32.2 Å². The van der Waals surface area contributed by atoms with E-state index in [1.165, 1.54) is 6.42 Å². The maximum atomic E-state index is 10.0. The van der Waals surface area contributed by atoms with Crippen LogP contribution in [-0.4, -0.2) is 55.2 Å². The third kappa shape index (κ3) is 5.22. The van der Waals surface area contributed by atoms with Crippen LogP contribution in [0.25, 0.3) is 0 Å². The molecule has 18 heavy (non-hydrogen) atoms. The molecule has 2 unspecified atom stereocenters. The van der Waals surface area contributed by atoms with Gasteiger partial charge in [-0.2, -0.15) is 0 Å². The standard InChI is InChI=1S/C14H29NO3/c1-4-17-14(18-5-2)10-11-15(3)12-8-6-7-9-13(12)16/h12-14,16H,4-11H2,1-3H3. The second kappa shape index (κ2) is 8.86. The Morgan fingerprint density at radius 3 is 2.33 bits per heavy atom. The Kier molecular flexibility index (Phi) is 7.82. The molecule has 0 spiro atoms. The van der Waals surface area contributed by atoms with Crippen LogP contribution in [-0.2, 0) is 9.47 Å². The normalized spacial score (nSPS) is 25.0. The van der Waals surface area contributed by atoms with Crippen LogP contribution in [0.15, 0.2) is 0 Å². The maximum absolute atomic E-state index is 10.0. The van der Waals surface area contributed by atoms with Crippen LogP contribution in [0.4, 0.5) is 0 Å². The van der Waals surface area contributed by atoms with E-state index in [1.807, 2.05) is 13.8 Å². The van der Waals surface area contributed by atoms with Gasteiger partial charge in [0.05, 0.1) is 6.10 Å². The molecular formula is C14H29NO3. The van der Waals surface area contributed by atoms with E-state index >= 15 is 0 Å². The Balaban J connectivity index is 2.31. The molecule has 4 heteroatoms. The van der Waals surface area contributed by atoms with Crippen molar-refractivity contribution in [2.75, 3.05) is 26.8 Å². The zero-order valence-electron chi connectivity index (χ0n) is 12.1. The number of hydrogen-bond acceptors (Lipinski definition) is 4. The fourth-order valence-electron chi connectivity index (χ4n) is 2.67. The van der Waals surface area contributed by atoms with Crippen LogP contribution in [0, 0.1) is 0 Å². The predicted molar refractivity (Wildman–Crippen MR) is 72.5 cm³/mol. The molecular weight excluding hydrogens is 230 g/mol. The van der Waals surface area contributed by atoms with Crippen molar-refractivity contribution in [2.24, 2.45) is 0 Å². The van der Waals surface area contributed by atoms with Gasteiger partial charge in [-0.3, -0.25) is 0 Å². The summed E-state index contributed by atoms with van der Waals surface area (Å²) in [6, 6.07) is 0.308. The second-order valence-electron chi connectivity index (χ2n) is 5.03. The van der Waals surface area contributed by atoms with Gasteiger partial charge in [0.15, 0.2) is 6.29 Å². The third-order valence-corrected chi connectivity index (χ3v) is 3.68. The lowest BCUT2D eigenvalue weighted by Gasteiger charge is -2.35. The first-order valence-corrected chi connectivity index (χ1v) is 7.30. The number of aliphatic hydroxyl groups excluding tert-OH is 1. The number of likely N-dealkylation sites (N-methyl/N-ethyl adjacent to an activating group) is 1. The molecule has 1 fully saturated rings. The molecule has 0 aromatic carbocycles. The van der Waals surface area contributed by atoms with Crippen molar-refractivity contribution in [1.29, 1.82) is 0 Å². The summed E-state index contributed by atoms with van der Waals surface area (Å²) in [5, 5.41) is 10.0. The van der Waals surface area contributed by atoms with Gasteiger partial charge in [-0.1, -0.05) is 12.8 Å². The quantitative estimate of drug-likeness (QED) is 0.677. The van der Waals surface area contributed by atoms with Crippen molar-refractivity contribution in [1.82, 2.24) is 4.90 Å². The number of ether oxygens (including phenoxy) is 2. The molecule has 1 aliphatic rings. The number of nitrogens with zero attached hydrogens (tertiary/aromatic N) is 1. The van der Waals surface area contributed by atoms with Gasteiger partial charge in [-0.15, -0.1) is 0 Å². The summed E-state index contributed by atoms with van der Waals surface area (Å²) in [5.74, 6) is 0. The SMILES string of the molecule is CCOC(CCN(C)C1CCCCC1O)OCC. The summed E-state index contributed by atoms with van der Waals surface area (Å²) >= 11 is 0. The summed E-state index contributed by atoms with van der Waals surface area (Å²) in [5.41, 5.74) is 0. The highest BCUT2D eigenvalue weighted by Crippen LogP contribution is 2.22. The molecule has 0 amide bonds. The lowest BCUT2D eigenvalue weighted by atomic mass is 9.91. The molecule has 2 atom stereocenters. The summed E-state index contributed by atoms with van der Waals surface area (Å²) < 4.78 is 11.1. The van der Waals surface area contributed by atoms with Crippen LogP contribution < -0.4 is 0 Å². The van der Waals surface area contributed by atoms with Gasteiger partial charge < -0.3 is 19.5 Å². The average Bonchev–Trinajstić information content (AvgIpc) is 2.36. The molecule has 0 aromatic heterocycles. The smallest absolute Gasteiger partial charge is 0.158 e. The Labute approximate surface area is 111 Å². The highest BCUT2D eigenvalue weighted by Gasteiger charge is 2.26. The summed E-state index contributed by atoms with van der Waals surface area (Å²) in [6.07, 6.45) is 5.02. The van der Waals surface area contributed by atoms with E-state index in [2.05, 4.69) is 11.9 Å². The largest absolute Gasteiger partial charge is 0.391 e. The van der Waals surface area contributed by atoms with E-state index in [0.717, 1.165) is 32.2 Å². The second-order valence-corrected chi connectivity index (χ2v) is 5.03. The van der Waals surface area contributed by atoms with Gasteiger partial charge in [-0.25, -0.2) is 0 Å². The first kappa shape index (κ1) is 15.9. The van der Waals surface area contributed by atoms with Gasteiger partial charge in [0.25, 0.3) is 0 Å². The summed E-state index contributed by atoms with van der Waals surface area (Å²) in [6.45, 7) is 6.24. The first-order chi connectivity index (χ1) is 8.69. The summed E-state index contributed by atoms with van der Waals surface area (Å²) in [7, 11) is 2.09. The molecule has 1 saturated carbocycles. The zero-order chi connectivity index (χ0) is 13.4. The van der Waals surface area contributed by atoms with E-state index in [1.54, 1.807) is 0 Å². The van der Waals surface area contributed by atoms with Gasteiger partial charge >= 0.3 is 0 Å². The molecule has 4 nitrogen and oxygen atoms in total. The van der Waals surface area contributed by atoms with Crippen molar-refractivity contribution in [3.8, 4) is 0 Å². The average molecular weight is 259 g/mol. The summed E-state index contributed by atoms with van der Waals surface area (Å²) in [4.78, 5) is 2.26. The molecule has 108 valence electrons. The molecule has 1 rings (SSSR count). The fourth-order valence-corrected chi connectivity index (χ4v) is 2.67. The van der Waals surface area contributed by atoms with Crippen molar-refractivity contribution in [3.05, 3.63) is 0 Å². The van der Waals surface area contributed by atoms with Crippen molar-refractivity contribution >= 4 is 0 Å². The Bertz CT molecular complexity index is 207. The van der Waals surface area contributed by atoms with Gasteiger partial charge in [0.2, 0.25) is 0 Å². The molecule has 0 saturated heterocycles. The molecule has 0 bridgehead atoms. The fraction of sp³-hybridized carbons (Fsp3) is 1.00. The van der Waals surface area contributed by atoms with E-state index < -0.39 is 0 Å². The third-order valence-electron chi connectivity index (χ3n) is 3.68. The van der Waals surface area contributed by atoms with Crippen LogP contribution in [0.1, 0.15) is 46.0 Å². The molecule has 1 N–H and O–H groups in total. The Morgan fingerprint density at radius 1 is 1.17 bits per heavy atom. The molecule has 1 aliphatic carbocycles. The van der Waals surface area contributed by atoms with E-state index in [4.69, 9.17) is 9.47 Å². The number of aliphatic hydroxyl groups is 1. The zero-order valence-corrected chi connectivity index (χ0v) is 12.1. The predicted octanol–water partition coefficient (Wildman–Crippen LogP) is 2.01. The van der Waals surface area contributed by atoms with E-state index in [9.17, 15) is 5.11 Å². The monoisotopic (exact) mass is 259 g/mol. The van der Waals surface area contributed by atoms with Gasteiger partial charge in [-0.05, 0) is 33.7 Å². The van der Waals surface area contributed by atoms with Gasteiger partial charge in [0.1, 0.15) is 0 Å². The van der Waals surface area contributed by atoms with Crippen LogP contribution in [0.2, 0.25) is 0 Å². The first-order valence-electron chi connectivity index (χ1n) is 7.30. The lowest BCUT2D eigenvalue weighted by Crippen LogP contribution is -2.44. The number of rotatable bonds is 8. The maximum Gasteiger partial charge on any atom is 0.158 e. The minimum absolute atomic E-state index is 0.108. The van der Waals surface area contributed by atoms with E-state index in [0.29, 0.717) is 19.3 Å². The molecule has 0 aliphatic heterocycles. The highest BCUT2D eigenvalue weighted by molar-refractivity contribution is 4.81. The van der Waals surface area contributed by atoms with Crippen LogP contribution >= 0.6 is 0 Å². The molecule has 0 heterocycles. The van der Waals surface area contributed by atoms with Crippen molar-refractivity contribution < 1.29 is 14.6 Å². The van der Waals surface area contributed by atoms with E-state index in [-0.39, 0.29) is 12.4 Å². The van der Waals surface area contributed by atoms with Crippen molar-refractivity contribution in [2.45, 2.75) is 64.4 Å². The number of hydrogen-bond donors (Lipinski definition) is 1. The molecule has 0 radical (unpaired) electrons. The topological polar surface area (TPSA) is 41.9 Å². The van der Waals surface area contributed by atoms with Crippen LogP contribution in [0.3, 0.4) is 0 Å². The van der Waals surface area contributed by atoms with Crippen molar-refractivity contribution in [3.63, 3.8) is 0 Å². The minimum Gasteiger partial charge on any atom is -0.391 e. The Morgan fingerprint density at radius 2 is 1.78 bits per heavy atom. The molecule has 0 aromatic rings. The Hall–Kier alpha value is -0.160.